The second-order valence-corrected chi connectivity index (χ2v) is 10.5. The van der Waals surface area contributed by atoms with Crippen LogP contribution in [0.2, 0.25) is 0 Å². The van der Waals surface area contributed by atoms with E-state index in [4.69, 9.17) is 4.74 Å². The average molecular weight is 580 g/mol. The summed E-state index contributed by atoms with van der Waals surface area (Å²) in [6.07, 6.45) is 2.52. The fraction of sp³-hybridized carbons (Fsp3) is 0.214. The summed E-state index contributed by atoms with van der Waals surface area (Å²) in [6.45, 7) is 2.22. The minimum atomic E-state index is -1.24. The number of aromatic carboxylic acids is 1. The summed E-state index contributed by atoms with van der Waals surface area (Å²) in [6, 6.07) is 21.9. The van der Waals surface area contributed by atoms with Crippen molar-refractivity contribution < 1.29 is 14.6 Å². The average Bonchev–Trinajstić information content (AvgIpc) is 3.31. The Balaban J connectivity index is 1.63. The molecule has 6 nitrogen and oxygen atoms in total. The number of alkyl halides is 1. The third-order valence-corrected chi connectivity index (χ3v) is 7.51. The zero-order chi connectivity index (χ0) is 24.5. The number of hydrogen-bond acceptors (Lipinski definition) is 4. The van der Waals surface area contributed by atoms with Gasteiger partial charge in [-0.05, 0) is 35.2 Å². The quantitative estimate of drug-likeness (QED) is 0.243. The van der Waals surface area contributed by atoms with Gasteiger partial charge in [-0.1, -0.05) is 77.2 Å². The number of carboxylic acids is 1. The second kappa shape index (κ2) is 9.73. The van der Waals surface area contributed by atoms with Crippen LogP contribution >= 0.6 is 22.6 Å². The topological polar surface area (TPSA) is 71.8 Å². The van der Waals surface area contributed by atoms with E-state index in [-0.39, 0.29) is 5.56 Å². The number of halogens is 1. The first-order chi connectivity index (χ1) is 17.0. The molecule has 35 heavy (non-hydrogen) atoms. The van der Waals surface area contributed by atoms with Crippen molar-refractivity contribution in [3.63, 3.8) is 0 Å². The molecule has 5 rings (SSSR count). The van der Waals surface area contributed by atoms with Crippen molar-refractivity contribution in [2.75, 3.05) is 25.1 Å². The van der Waals surface area contributed by atoms with Crippen LogP contribution in [0.4, 0.5) is 5.69 Å². The Morgan fingerprint density at radius 2 is 1.77 bits per heavy atom. The molecule has 0 aliphatic carbocycles. The molecule has 178 valence electrons. The number of nitrogens with zero attached hydrogens (tertiary/aromatic N) is 2. The number of pyridine rings is 1. The molecular weight excluding hydrogens is 555 g/mol. The summed E-state index contributed by atoms with van der Waals surface area (Å²) in [5.41, 5.74) is 4.02. The minimum Gasteiger partial charge on any atom is -0.492 e. The first-order valence-corrected chi connectivity index (χ1v) is 12.7. The van der Waals surface area contributed by atoms with Gasteiger partial charge in [0.25, 0.3) is 0 Å². The molecule has 4 aromatic rings. The fourth-order valence-electron chi connectivity index (χ4n) is 4.75. The molecule has 1 N–H and O–H groups in total. The van der Waals surface area contributed by atoms with Crippen LogP contribution in [-0.4, -0.2) is 39.8 Å². The largest absolute Gasteiger partial charge is 0.492 e. The standard InChI is InChI=1S/C28H25IN2O4/c1-35-27-24(30-14-13-21(29)16-30)12-11-22-25(27)31(17-23(26(22)32)28(33)34)15-18-7-9-20(10-8-18)19-5-3-2-4-6-19/h2-12,17,21H,13-16H2,1H3,(H,33,34). The van der Waals surface area contributed by atoms with Crippen molar-refractivity contribution in [1.29, 1.82) is 0 Å². The van der Waals surface area contributed by atoms with Gasteiger partial charge in [0.2, 0.25) is 5.43 Å². The van der Waals surface area contributed by atoms with Crippen LogP contribution in [0.1, 0.15) is 22.3 Å². The maximum absolute atomic E-state index is 13.1. The Labute approximate surface area is 216 Å². The molecule has 1 aliphatic rings. The first kappa shape index (κ1) is 23.4. The van der Waals surface area contributed by atoms with Gasteiger partial charge in [-0.3, -0.25) is 4.79 Å². The number of fused-ring (bicyclic) bond motifs is 1. The summed E-state index contributed by atoms with van der Waals surface area (Å²) in [7, 11) is 1.60. The van der Waals surface area contributed by atoms with Crippen molar-refractivity contribution in [2.24, 2.45) is 0 Å². The van der Waals surface area contributed by atoms with E-state index in [9.17, 15) is 14.7 Å². The van der Waals surface area contributed by atoms with Gasteiger partial charge in [0.1, 0.15) is 5.56 Å². The first-order valence-electron chi connectivity index (χ1n) is 11.5. The van der Waals surface area contributed by atoms with E-state index in [0.717, 1.165) is 41.9 Å². The van der Waals surface area contributed by atoms with Crippen molar-refractivity contribution in [3.8, 4) is 16.9 Å². The van der Waals surface area contributed by atoms with E-state index in [1.54, 1.807) is 13.2 Å². The maximum atomic E-state index is 13.1. The summed E-state index contributed by atoms with van der Waals surface area (Å²) >= 11 is 2.46. The maximum Gasteiger partial charge on any atom is 0.341 e. The van der Waals surface area contributed by atoms with Crippen molar-refractivity contribution in [3.05, 3.63) is 94.3 Å². The Morgan fingerprint density at radius 1 is 1.06 bits per heavy atom. The van der Waals surface area contributed by atoms with E-state index in [0.29, 0.717) is 27.1 Å². The van der Waals surface area contributed by atoms with Crippen molar-refractivity contribution in [2.45, 2.75) is 16.9 Å². The third-order valence-electron chi connectivity index (χ3n) is 6.49. The number of hydrogen-bond donors (Lipinski definition) is 1. The van der Waals surface area contributed by atoms with Crippen LogP contribution < -0.4 is 15.1 Å². The van der Waals surface area contributed by atoms with Crippen molar-refractivity contribution in [1.82, 2.24) is 4.57 Å². The Hall–Kier alpha value is -3.33. The van der Waals surface area contributed by atoms with Crippen molar-refractivity contribution >= 4 is 45.2 Å². The number of carboxylic acid groups (broad SMARTS) is 1. The molecule has 1 atom stereocenters. The monoisotopic (exact) mass is 580 g/mol. The molecular formula is C28H25IN2O4. The second-order valence-electron chi connectivity index (χ2n) is 8.71. The number of anilines is 1. The molecule has 2 heterocycles. The van der Waals surface area contributed by atoms with E-state index >= 15 is 0 Å². The predicted octanol–water partition coefficient (Wildman–Crippen LogP) is 5.44. The Bertz CT molecular complexity index is 1450. The lowest BCUT2D eigenvalue weighted by molar-refractivity contribution is 0.0695. The minimum absolute atomic E-state index is 0.248. The number of aromatic nitrogens is 1. The van der Waals surface area contributed by atoms with Gasteiger partial charge in [-0.25, -0.2) is 4.79 Å². The summed E-state index contributed by atoms with van der Waals surface area (Å²) < 4.78 is 8.25. The number of methoxy groups -OCH3 is 1. The van der Waals surface area contributed by atoms with Gasteiger partial charge in [0, 0.05) is 29.8 Å². The van der Waals surface area contributed by atoms with Crippen LogP contribution in [0, 0.1) is 0 Å². The van der Waals surface area contributed by atoms with Gasteiger partial charge in [-0.15, -0.1) is 0 Å². The Morgan fingerprint density at radius 3 is 2.40 bits per heavy atom. The van der Waals surface area contributed by atoms with Gasteiger partial charge in [0.15, 0.2) is 5.75 Å². The predicted molar refractivity (Wildman–Crippen MR) is 147 cm³/mol. The Kier molecular flexibility index (Phi) is 6.51. The normalized spacial score (nSPS) is 15.5. The van der Waals surface area contributed by atoms with Gasteiger partial charge in [-0.2, -0.15) is 0 Å². The summed E-state index contributed by atoms with van der Waals surface area (Å²) in [5, 5.41) is 10.1. The zero-order valence-electron chi connectivity index (χ0n) is 19.3. The lowest BCUT2D eigenvalue weighted by Gasteiger charge is -2.24. The molecule has 1 aliphatic heterocycles. The highest BCUT2D eigenvalue weighted by Crippen LogP contribution is 2.38. The van der Waals surface area contributed by atoms with E-state index < -0.39 is 11.4 Å². The molecule has 0 radical (unpaired) electrons. The summed E-state index contributed by atoms with van der Waals surface area (Å²) in [5.74, 6) is -0.636. The summed E-state index contributed by atoms with van der Waals surface area (Å²) in [4.78, 5) is 27.2. The van der Waals surface area contributed by atoms with Crippen LogP contribution in [0.3, 0.4) is 0 Å². The molecule has 3 aromatic carbocycles. The third kappa shape index (κ3) is 4.52. The smallest absolute Gasteiger partial charge is 0.341 e. The molecule has 0 saturated carbocycles. The van der Waals surface area contributed by atoms with Crippen LogP contribution in [-0.2, 0) is 6.54 Å². The van der Waals surface area contributed by atoms with Gasteiger partial charge in [0.05, 0.1) is 23.7 Å². The van der Waals surface area contributed by atoms with E-state index in [1.165, 1.54) is 6.20 Å². The lowest BCUT2D eigenvalue weighted by Crippen LogP contribution is -2.23. The molecule has 7 heteroatoms. The number of ether oxygens (including phenoxy) is 1. The van der Waals surface area contributed by atoms with Crippen LogP contribution in [0.15, 0.2) is 77.7 Å². The lowest BCUT2D eigenvalue weighted by atomic mass is 10.0. The molecule has 1 fully saturated rings. The molecule has 1 aromatic heterocycles. The number of carbonyl (C=O) groups is 1. The number of benzene rings is 3. The van der Waals surface area contributed by atoms with Gasteiger partial charge >= 0.3 is 5.97 Å². The number of rotatable bonds is 6. The van der Waals surface area contributed by atoms with E-state index in [1.807, 2.05) is 41.0 Å². The molecule has 0 bridgehead atoms. The fourth-order valence-corrected chi connectivity index (χ4v) is 5.50. The highest BCUT2D eigenvalue weighted by molar-refractivity contribution is 14.1. The zero-order valence-corrected chi connectivity index (χ0v) is 21.4. The highest BCUT2D eigenvalue weighted by Gasteiger charge is 2.26. The van der Waals surface area contributed by atoms with Gasteiger partial charge < -0.3 is 19.3 Å². The van der Waals surface area contributed by atoms with Crippen LogP contribution in [0.25, 0.3) is 22.0 Å². The molecule has 0 spiro atoms. The SMILES string of the molecule is COc1c(N2CCC(I)C2)ccc2c(=O)c(C(=O)O)cn(Cc3ccc(-c4ccccc4)cc3)c12. The molecule has 1 saturated heterocycles. The van der Waals surface area contributed by atoms with Crippen LogP contribution in [0.5, 0.6) is 5.75 Å². The van der Waals surface area contributed by atoms with E-state index in [2.05, 4.69) is 51.8 Å². The molecule has 0 amide bonds. The highest BCUT2D eigenvalue weighted by atomic mass is 127. The molecule has 1 unspecified atom stereocenters.